The van der Waals surface area contributed by atoms with E-state index in [2.05, 4.69) is 15.0 Å². The van der Waals surface area contributed by atoms with Crippen molar-refractivity contribution in [1.82, 2.24) is 19.5 Å². The molecule has 2 aromatic heterocycles. The molecule has 4 heterocycles. The number of rotatable bonds is 4. The van der Waals surface area contributed by atoms with Crippen LogP contribution in [0.4, 0.5) is 10.2 Å². The molecule has 6 atom stereocenters. The molecule has 0 aliphatic carbocycles. The molecule has 4 rings (SSSR count). The van der Waals surface area contributed by atoms with Gasteiger partial charge in [-0.1, -0.05) is 0 Å². The number of alkyl halides is 1. The molecular weight excluding hydrogens is 349 g/mol. The summed E-state index contributed by atoms with van der Waals surface area (Å²) in [6.45, 7) is 0.548. The smallest absolute Gasteiger partial charge is 0.225 e. The summed E-state index contributed by atoms with van der Waals surface area (Å²) in [6, 6.07) is 0. The highest BCUT2D eigenvalue weighted by atomic mass is 19.1. The second-order valence-electron chi connectivity index (χ2n) is 6.33. The van der Waals surface area contributed by atoms with Gasteiger partial charge in [-0.3, -0.25) is 4.57 Å². The Morgan fingerprint density at radius 3 is 2.92 bits per heavy atom. The Hall–Kier alpha value is -1.92. The minimum atomic E-state index is -2.37. The molecule has 0 saturated carbocycles. The molecule has 10 nitrogen and oxygen atoms in total. The van der Waals surface area contributed by atoms with E-state index in [1.807, 2.05) is 0 Å². The fourth-order valence-electron chi connectivity index (χ4n) is 3.32. The molecule has 0 amide bonds. The molecule has 11 heteroatoms. The van der Waals surface area contributed by atoms with Crippen molar-refractivity contribution in [2.24, 2.45) is 0 Å². The normalized spacial score (nSPS) is 33.6. The van der Waals surface area contributed by atoms with Gasteiger partial charge >= 0.3 is 0 Å². The molecular formula is C15H20FN5O5. The standard InChI is InChI=1S/C15H20FN5O5/c16-12(23)10-9(22)11(25-7-3-1-2-4-24-7)15(26-10)21-6-20-8-13(17)18-5-19-14(8)21/h5-7,9-12,15,22-23H,1-4H2,(H2,17,18,19)/t7?,9-,10+,11-,12?,15-/m1/s1. The van der Waals surface area contributed by atoms with Crippen LogP contribution < -0.4 is 5.73 Å². The van der Waals surface area contributed by atoms with Crippen LogP contribution in [0.5, 0.6) is 0 Å². The van der Waals surface area contributed by atoms with Crippen molar-refractivity contribution < 1.29 is 28.8 Å². The van der Waals surface area contributed by atoms with E-state index < -0.39 is 37.2 Å². The number of ether oxygens (including phenoxy) is 3. The molecule has 0 bridgehead atoms. The number of nitrogen functional groups attached to an aromatic ring is 1. The lowest BCUT2D eigenvalue weighted by Crippen LogP contribution is -2.41. The van der Waals surface area contributed by atoms with Gasteiger partial charge in [0.25, 0.3) is 0 Å². The second-order valence-corrected chi connectivity index (χ2v) is 6.33. The molecule has 4 N–H and O–H groups in total. The number of nitrogens with zero attached hydrogens (tertiary/aromatic N) is 4. The third-order valence-electron chi connectivity index (χ3n) is 4.63. The molecule has 0 spiro atoms. The topological polar surface area (TPSA) is 138 Å². The van der Waals surface area contributed by atoms with Gasteiger partial charge in [0.1, 0.15) is 30.2 Å². The van der Waals surface area contributed by atoms with Crippen molar-refractivity contribution in [2.45, 2.75) is 56.5 Å². The van der Waals surface area contributed by atoms with Crippen LogP contribution in [-0.4, -0.2) is 67.3 Å². The Morgan fingerprint density at radius 2 is 2.19 bits per heavy atom. The second kappa shape index (κ2) is 7.00. The predicted octanol–water partition coefficient (Wildman–Crippen LogP) is -0.134. The summed E-state index contributed by atoms with van der Waals surface area (Å²) in [7, 11) is 0. The van der Waals surface area contributed by atoms with E-state index in [1.165, 1.54) is 17.2 Å². The summed E-state index contributed by atoms with van der Waals surface area (Å²) < 4.78 is 31.9. The number of hydrogen-bond acceptors (Lipinski definition) is 9. The third-order valence-corrected chi connectivity index (χ3v) is 4.63. The summed E-state index contributed by atoms with van der Waals surface area (Å²) >= 11 is 0. The summed E-state index contributed by atoms with van der Waals surface area (Å²) in [5, 5.41) is 19.8. The van der Waals surface area contributed by atoms with Crippen molar-refractivity contribution in [1.29, 1.82) is 0 Å². The zero-order valence-corrected chi connectivity index (χ0v) is 13.8. The Bertz CT molecular complexity index is 768. The van der Waals surface area contributed by atoms with Gasteiger partial charge in [-0.15, -0.1) is 0 Å². The molecule has 2 saturated heterocycles. The number of imidazole rings is 1. The minimum Gasteiger partial charge on any atom is -0.387 e. The summed E-state index contributed by atoms with van der Waals surface area (Å²) in [5.41, 5.74) is 6.49. The van der Waals surface area contributed by atoms with Crippen molar-refractivity contribution in [2.75, 3.05) is 12.3 Å². The van der Waals surface area contributed by atoms with Gasteiger partial charge in [0, 0.05) is 6.61 Å². The summed E-state index contributed by atoms with van der Waals surface area (Å²) in [5.74, 6) is 0.183. The van der Waals surface area contributed by atoms with Gasteiger partial charge in [-0.05, 0) is 19.3 Å². The van der Waals surface area contributed by atoms with Crippen LogP contribution in [0.15, 0.2) is 12.7 Å². The lowest BCUT2D eigenvalue weighted by Gasteiger charge is -2.29. The SMILES string of the molecule is Nc1ncnc2c1ncn2[C@@H]1O[C@H](C(O)F)[C@@H](O)[C@H]1OC1CCCCO1. The fourth-order valence-corrected chi connectivity index (χ4v) is 3.32. The Balaban J connectivity index is 1.67. The average molecular weight is 369 g/mol. The van der Waals surface area contributed by atoms with Crippen molar-refractivity contribution >= 4 is 17.0 Å². The maximum Gasteiger partial charge on any atom is 0.225 e. The number of aliphatic hydroxyl groups excluding tert-OH is 2. The van der Waals surface area contributed by atoms with Crippen LogP contribution >= 0.6 is 0 Å². The van der Waals surface area contributed by atoms with Gasteiger partial charge in [-0.25, -0.2) is 19.3 Å². The molecule has 0 aromatic carbocycles. The number of nitrogens with two attached hydrogens (primary N) is 1. The average Bonchev–Trinajstić information content (AvgIpc) is 3.19. The van der Waals surface area contributed by atoms with E-state index in [9.17, 15) is 14.6 Å². The van der Waals surface area contributed by atoms with E-state index in [1.54, 1.807) is 0 Å². The van der Waals surface area contributed by atoms with Crippen molar-refractivity contribution in [3.63, 3.8) is 0 Å². The molecule has 2 fully saturated rings. The van der Waals surface area contributed by atoms with Crippen LogP contribution in [0, 0.1) is 0 Å². The number of aliphatic hydroxyl groups is 2. The Labute approximate surface area is 147 Å². The molecule has 26 heavy (non-hydrogen) atoms. The highest BCUT2D eigenvalue weighted by Crippen LogP contribution is 2.37. The van der Waals surface area contributed by atoms with E-state index >= 15 is 0 Å². The number of halogens is 1. The van der Waals surface area contributed by atoms with Crippen LogP contribution in [0.3, 0.4) is 0 Å². The lowest BCUT2D eigenvalue weighted by molar-refractivity contribution is -0.215. The molecule has 2 aromatic rings. The van der Waals surface area contributed by atoms with E-state index in [4.69, 9.17) is 19.9 Å². The third kappa shape index (κ3) is 3.01. The maximum atomic E-state index is 13.5. The maximum absolute atomic E-state index is 13.5. The first-order chi connectivity index (χ1) is 12.6. The zero-order chi connectivity index (χ0) is 18.3. The monoisotopic (exact) mass is 369 g/mol. The summed E-state index contributed by atoms with van der Waals surface area (Å²) in [6.07, 6.45) is -2.56. The van der Waals surface area contributed by atoms with Crippen LogP contribution in [0.1, 0.15) is 25.5 Å². The van der Waals surface area contributed by atoms with Crippen molar-refractivity contribution in [3.05, 3.63) is 12.7 Å². The van der Waals surface area contributed by atoms with E-state index in [0.29, 0.717) is 24.2 Å². The number of aromatic nitrogens is 4. The quantitative estimate of drug-likeness (QED) is 0.672. The lowest BCUT2D eigenvalue weighted by atomic mass is 10.1. The highest BCUT2D eigenvalue weighted by molar-refractivity contribution is 5.81. The Morgan fingerprint density at radius 1 is 1.35 bits per heavy atom. The highest BCUT2D eigenvalue weighted by Gasteiger charge is 2.50. The van der Waals surface area contributed by atoms with Gasteiger partial charge in [0.15, 0.2) is 24.0 Å². The van der Waals surface area contributed by atoms with E-state index in [-0.39, 0.29) is 5.82 Å². The number of fused-ring (bicyclic) bond motifs is 1. The largest absolute Gasteiger partial charge is 0.387 e. The van der Waals surface area contributed by atoms with Gasteiger partial charge in [0.05, 0.1) is 6.33 Å². The minimum absolute atomic E-state index is 0.183. The fraction of sp³-hybridized carbons (Fsp3) is 0.667. The molecule has 0 radical (unpaired) electrons. The van der Waals surface area contributed by atoms with Gasteiger partial charge < -0.3 is 30.2 Å². The van der Waals surface area contributed by atoms with Crippen LogP contribution in [-0.2, 0) is 14.2 Å². The molecule has 2 aliphatic rings. The molecule has 2 unspecified atom stereocenters. The first-order valence-corrected chi connectivity index (χ1v) is 8.42. The number of hydrogen-bond donors (Lipinski definition) is 3. The van der Waals surface area contributed by atoms with Crippen LogP contribution in [0.2, 0.25) is 0 Å². The number of anilines is 1. The van der Waals surface area contributed by atoms with Gasteiger partial charge in [-0.2, -0.15) is 0 Å². The van der Waals surface area contributed by atoms with Gasteiger partial charge in [0.2, 0.25) is 6.36 Å². The zero-order valence-electron chi connectivity index (χ0n) is 13.8. The predicted molar refractivity (Wildman–Crippen MR) is 85.2 cm³/mol. The van der Waals surface area contributed by atoms with E-state index in [0.717, 1.165) is 12.8 Å². The molecule has 142 valence electrons. The van der Waals surface area contributed by atoms with Crippen LogP contribution in [0.25, 0.3) is 11.2 Å². The van der Waals surface area contributed by atoms with Crippen molar-refractivity contribution in [3.8, 4) is 0 Å². The Kier molecular flexibility index (Phi) is 4.71. The first-order valence-electron chi connectivity index (χ1n) is 8.42. The first kappa shape index (κ1) is 17.5. The molecule has 2 aliphatic heterocycles. The summed E-state index contributed by atoms with van der Waals surface area (Å²) in [4.78, 5) is 12.1.